The van der Waals surface area contributed by atoms with Gasteiger partial charge in [0.2, 0.25) is 0 Å². The van der Waals surface area contributed by atoms with Gasteiger partial charge in [0.05, 0.1) is 11.0 Å². The lowest BCUT2D eigenvalue weighted by molar-refractivity contribution is 0.373. The van der Waals surface area contributed by atoms with E-state index in [4.69, 9.17) is 9.97 Å². The van der Waals surface area contributed by atoms with Crippen molar-refractivity contribution in [2.24, 2.45) is 11.8 Å². The largest absolute Gasteiger partial charge is 0.317 e. The van der Waals surface area contributed by atoms with Crippen molar-refractivity contribution >= 4 is 43.1 Å². The first-order valence-corrected chi connectivity index (χ1v) is 17.7. The van der Waals surface area contributed by atoms with Gasteiger partial charge in [0, 0.05) is 17.3 Å². The molecule has 2 aliphatic heterocycles. The maximum Gasteiger partial charge on any atom is 0.269 e. The van der Waals surface area contributed by atoms with E-state index < -0.39 is 0 Å². The highest BCUT2D eigenvalue weighted by molar-refractivity contribution is 7.22. The molecule has 2 fully saturated rings. The lowest BCUT2D eigenvalue weighted by Gasteiger charge is -2.22. The molecular weight excluding hydrogens is 617 g/mol. The first-order chi connectivity index (χ1) is 22.6. The second-order valence-corrected chi connectivity index (χ2v) is 14.2. The van der Waals surface area contributed by atoms with Gasteiger partial charge in [-0.1, -0.05) is 6.07 Å². The Balaban J connectivity index is 1.22. The number of thiophene rings is 2. The Morgan fingerprint density at radius 1 is 0.783 bits per heavy atom. The summed E-state index contributed by atoms with van der Waals surface area (Å²) in [6.45, 7) is 4.03. The van der Waals surface area contributed by atoms with Crippen LogP contribution in [0.1, 0.15) is 36.8 Å². The molecule has 6 aromatic rings. The van der Waals surface area contributed by atoms with Crippen molar-refractivity contribution < 1.29 is 0 Å². The Kier molecular flexibility index (Phi) is 8.03. The van der Waals surface area contributed by atoms with Gasteiger partial charge in [0.15, 0.2) is 11.6 Å². The lowest BCUT2D eigenvalue weighted by Crippen LogP contribution is -2.30. The predicted molar refractivity (Wildman–Crippen MR) is 185 cm³/mol. The van der Waals surface area contributed by atoms with Gasteiger partial charge in [-0.15, -0.1) is 22.7 Å². The molecule has 8 heterocycles. The zero-order chi connectivity index (χ0) is 31.0. The van der Waals surface area contributed by atoms with Crippen molar-refractivity contribution in [3.63, 3.8) is 0 Å². The third kappa shape index (κ3) is 5.70. The van der Waals surface area contributed by atoms with Crippen molar-refractivity contribution in [2.75, 3.05) is 26.2 Å². The van der Waals surface area contributed by atoms with E-state index in [-0.39, 0.29) is 11.1 Å². The summed E-state index contributed by atoms with van der Waals surface area (Å²) in [6, 6.07) is 9.54. The summed E-state index contributed by atoms with van der Waals surface area (Å²) >= 11 is 2.92. The zero-order valence-electron chi connectivity index (χ0n) is 25.3. The van der Waals surface area contributed by atoms with Gasteiger partial charge >= 0.3 is 0 Å². The van der Waals surface area contributed by atoms with Crippen LogP contribution in [-0.2, 0) is 12.8 Å². The Bertz CT molecular complexity index is 2140. The summed E-state index contributed by atoms with van der Waals surface area (Å²) in [5.41, 5.74) is 5.54. The van der Waals surface area contributed by atoms with Crippen LogP contribution < -0.4 is 21.8 Å². The molecule has 0 saturated carbocycles. The normalized spacial score (nSPS) is 17.6. The van der Waals surface area contributed by atoms with E-state index in [1.165, 1.54) is 35.5 Å². The average molecular weight is 651 g/mol. The van der Waals surface area contributed by atoms with E-state index in [2.05, 4.69) is 35.9 Å². The van der Waals surface area contributed by atoms with Crippen LogP contribution in [0.5, 0.6) is 0 Å². The van der Waals surface area contributed by atoms with Crippen molar-refractivity contribution in [3.05, 3.63) is 79.9 Å². The highest BCUT2D eigenvalue weighted by atomic mass is 32.1. The number of H-pyrrole nitrogens is 2. The summed E-state index contributed by atoms with van der Waals surface area (Å²) in [6.07, 6.45) is 9.68. The third-order valence-corrected chi connectivity index (χ3v) is 11.5. The SMILES string of the molecule is O=c1[nH]c(-c2cc(-c3sc4c(=O)[nH]c(-c5ccccn5)nc4c3CC3CCNCC3)ccn2)nc2c(CC3CCCNC3)csc12. The Hall–Kier alpha value is -4.10. The van der Waals surface area contributed by atoms with Gasteiger partial charge < -0.3 is 20.6 Å². The predicted octanol–water partition coefficient (Wildman–Crippen LogP) is 5.16. The fourth-order valence-electron chi connectivity index (χ4n) is 6.81. The van der Waals surface area contributed by atoms with Gasteiger partial charge in [-0.05, 0) is 123 Å². The molecule has 10 nitrogen and oxygen atoms in total. The molecule has 46 heavy (non-hydrogen) atoms. The summed E-state index contributed by atoms with van der Waals surface area (Å²) in [5, 5.41) is 9.04. The molecule has 6 aromatic heterocycles. The van der Waals surface area contributed by atoms with Crippen LogP contribution >= 0.6 is 22.7 Å². The fraction of sp³-hybridized carbons (Fsp3) is 0.353. The molecule has 1 unspecified atom stereocenters. The molecule has 12 heteroatoms. The summed E-state index contributed by atoms with van der Waals surface area (Å²) in [5.74, 6) is 1.94. The van der Waals surface area contributed by atoms with Gasteiger partial charge in [-0.25, -0.2) is 9.97 Å². The van der Waals surface area contributed by atoms with Crippen LogP contribution in [0.4, 0.5) is 0 Å². The van der Waals surface area contributed by atoms with Gasteiger partial charge in [-0.3, -0.25) is 19.6 Å². The minimum Gasteiger partial charge on any atom is -0.317 e. The zero-order valence-corrected chi connectivity index (χ0v) is 26.9. The summed E-state index contributed by atoms with van der Waals surface area (Å²) in [4.78, 5) is 52.7. The second-order valence-electron chi connectivity index (χ2n) is 12.3. The number of piperidine rings is 2. The van der Waals surface area contributed by atoms with Crippen LogP contribution in [0.3, 0.4) is 0 Å². The number of nitrogens with zero attached hydrogens (tertiary/aromatic N) is 4. The summed E-state index contributed by atoms with van der Waals surface area (Å²) in [7, 11) is 0. The Labute approximate surface area is 272 Å². The highest BCUT2D eigenvalue weighted by Crippen LogP contribution is 2.40. The number of aromatic nitrogens is 6. The van der Waals surface area contributed by atoms with Crippen LogP contribution in [0, 0.1) is 11.8 Å². The number of aromatic amines is 2. The molecule has 234 valence electrons. The minimum atomic E-state index is -0.169. The molecule has 8 rings (SSSR count). The number of fused-ring (bicyclic) bond motifs is 2. The van der Waals surface area contributed by atoms with E-state index in [0.717, 1.165) is 84.5 Å². The molecule has 0 radical (unpaired) electrons. The van der Waals surface area contributed by atoms with Crippen LogP contribution in [0.25, 0.3) is 53.9 Å². The molecular formula is C34H34N8O2S2. The fourth-order valence-corrected chi connectivity index (χ4v) is 8.88. The van der Waals surface area contributed by atoms with E-state index in [0.29, 0.717) is 44.3 Å². The van der Waals surface area contributed by atoms with E-state index >= 15 is 0 Å². The third-order valence-electron chi connectivity index (χ3n) is 9.17. The molecule has 0 spiro atoms. The first-order valence-electron chi connectivity index (χ1n) is 16.0. The van der Waals surface area contributed by atoms with E-state index in [9.17, 15) is 9.59 Å². The van der Waals surface area contributed by atoms with Crippen molar-refractivity contribution in [3.8, 4) is 33.5 Å². The molecule has 4 N–H and O–H groups in total. The first kappa shape index (κ1) is 29.3. The van der Waals surface area contributed by atoms with Crippen LogP contribution in [0.2, 0.25) is 0 Å². The van der Waals surface area contributed by atoms with Crippen molar-refractivity contribution in [1.29, 1.82) is 0 Å². The number of hydrogen-bond donors (Lipinski definition) is 4. The topological polar surface area (TPSA) is 141 Å². The van der Waals surface area contributed by atoms with Gasteiger partial charge in [0.25, 0.3) is 11.1 Å². The Morgan fingerprint density at radius 3 is 2.39 bits per heavy atom. The molecule has 0 aromatic carbocycles. The quantitative estimate of drug-likeness (QED) is 0.186. The van der Waals surface area contributed by atoms with E-state index in [1.54, 1.807) is 12.4 Å². The Morgan fingerprint density at radius 2 is 1.59 bits per heavy atom. The van der Waals surface area contributed by atoms with Crippen molar-refractivity contribution in [2.45, 2.75) is 38.5 Å². The summed E-state index contributed by atoms with van der Waals surface area (Å²) < 4.78 is 1.26. The van der Waals surface area contributed by atoms with Crippen LogP contribution in [-0.4, -0.2) is 56.1 Å². The van der Waals surface area contributed by atoms with E-state index in [1.807, 2.05) is 30.3 Å². The minimum absolute atomic E-state index is 0.142. The molecule has 0 bridgehead atoms. The number of hydrogen-bond acceptors (Lipinski definition) is 10. The number of nitrogens with one attached hydrogen (secondary N) is 4. The number of rotatable bonds is 7. The maximum atomic E-state index is 13.5. The smallest absolute Gasteiger partial charge is 0.269 e. The molecule has 0 amide bonds. The maximum absolute atomic E-state index is 13.5. The van der Waals surface area contributed by atoms with Gasteiger partial charge in [-0.2, -0.15) is 0 Å². The highest BCUT2D eigenvalue weighted by Gasteiger charge is 2.24. The van der Waals surface area contributed by atoms with Crippen LogP contribution in [0.15, 0.2) is 57.7 Å². The second kappa shape index (κ2) is 12.6. The molecule has 0 aliphatic carbocycles. The van der Waals surface area contributed by atoms with Crippen molar-refractivity contribution in [1.82, 2.24) is 40.5 Å². The molecule has 1 atom stereocenters. The number of pyridine rings is 2. The average Bonchev–Trinajstić information content (AvgIpc) is 3.68. The lowest BCUT2D eigenvalue weighted by atomic mass is 9.90. The molecule has 2 aliphatic rings. The van der Waals surface area contributed by atoms with Gasteiger partial charge in [0.1, 0.15) is 20.8 Å². The monoisotopic (exact) mass is 650 g/mol. The standard InChI is InChI=1S/C34H34N8O2S2/c43-33-29-26(22(18-45-29)14-20-4-3-9-36-17-20)39-32(42-33)25-16-21(8-13-38-25)28-23(15-19-6-11-35-12-7-19)27-30(46-28)34(44)41-31(40-27)24-5-1-2-10-37-24/h1-2,5,8,10,13,16,18-20,35-36H,3-4,6-7,9,11-12,14-15,17H2,(H,39,42,43)(H,40,41,44). The molecule has 2 saturated heterocycles.